The van der Waals surface area contributed by atoms with E-state index in [1.165, 1.54) is 0 Å². The first-order valence-electron chi connectivity index (χ1n) is 7.28. The minimum Gasteiger partial charge on any atom is -0.380 e. The summed E-state index contributed by atoms with van der Waals surface area (Å²) in [6.45, 7) is 10.6. The van der Waals surface area contributed by atoms with Crippen molar-refractivity contribution in [2.75, 3.05) is 32.8 Å². The molecule has 0 aliphatic rings. The van der Waals surface area contributed by atoms with Gasteiger partial charge in [0.1, 0.15) is 12.2 Å². The van der Waals surface area contributed by atoms with E-state index in [1.807, 2.05) is 6.92 Å². The SMILES string of the molecule is CCNC(=NCCOCC)NCCn1cnnc1CC.I. The Kier molecular flexibility index (Phi) is 12.3. The smallest absolute Gasteiger partial charge is 0.191 e. The summed E-state index contributed by atoms with van der Waals surface area (Å²) < 4.78 is 7.32. The lowest BCUT2D eigenvalue weighted by Crippen LogP contribution is -2.39. The lowest BCUT2D eigenvalue weighted by Gasteiger charge is -2.12. The van der Waals surface area contributed by atoms with Crippen molar-refractivity contribution >= 4 is 29.9 Å². The number of aromatic nitrogens is 3. The first-order chi connectivity index (χ1) is 9.81. The molecule has 0 radical (unpaired) electrons. The van der Waals surface area contributed by atoms with E-state index < -0.39 is 0 Å². The summed E-state index contributed by atoms with van der Waals surface area (Å²) in [4.78, 5) is 4.44. The van der Waals surface area contributed by atoms with Gasteiger partial charge in [0.05, 0.1) is 13.2 Å². The van der Waals surface area contributed by atoms with E-state index in [9.17, 15) is 0 Å². The molecule has 0 fully saturated rings. The van der Waals surface area contributed by atoms with E-state index in [0.717, 1.165) is 44.4 Å². The average molecular weight is 410 g/mol. The number of hydrogen-bond donors (Lipinski definition) is 2. The average Bonchev–Trinajstić information content (AvgIpc) is 2.91. The molecule has 1 aromatic heterocycles. The van der Waals surface area contributed by atoms with E-state index in [2.05, 4.69) is 44.2 Å². The van der Waals surface area contributed by atoms with Gasteiger partial charge in [-0.05, 0) is 13.8 Å². The van der Waals surface area contributed by atoms with Crippen molar-refractivity contribution in [3.8, 4) is 0 Å². The molecule has 0 aromatic carbocycles. The van der Waals surface area contributed by atoms with Crippen molar-refractivity contribution in [3.05, 3.63) is 12.2 Å². The Labute approximate surface area is 144 Å². The van der Waals surface area contributed by atoms with Gasteiger partial charge in [0.25, 0.3) is 0 Å². The molecule has 0 aliphatic carbocycles. The maximum absolute atomic E-state index is 5.27. The minimum absolute atomic E-state index is 0. The number of guanidine groups is 1. The third-order valence-corrected chi connectivity index (χ3v) is 2.71. The van der Waals surface area contributed by atoms with E-state index in [1.54, 1.807) is 6.33 Å². The van der Waals surface area contributed by atoms with Gasteiger partial charge >= 0.3 is 0 Å². The summed E-state index contributed by atoms with van der Waals surface area (Å²) >= 11 is 0. The summed E-state index contributed by atoms with van der Waals surface area (Å²) in [5, 5.41) is 14.5. The third-order valence-electron chi connectivity index (χ3n) is 2.71. The van der Waals surface area contributed by atoms with Crippen LogP contribution in [0.4, 0.5) is 0 Å². The van der Waals surface area contributed by atoms with Crippen LogP contribution in [0.1, 0.15) is 26.6 Å². The predicted octanol–water partition coefficient (Wildman–Crippen LogP) is 1.05. The molecule has 1 heterocycles. The van der Waals surface area contributed by atoms with Crippen molar-refractivity contribution in [1.29, 1.82) is 0 Å². The second-order valence-corrected chi connectivity index (χ2v) is 4.18. The Hall–Kier alpha value is -0.900. The topological polar surface area (TPSA) is 76.4 Å². The minimum atomic E-state index is 0. The molecule has 0 atom stereocenters. The zero-order valence-corrected chi connectivity index (χ0v) is 15.5. The van der Waals surface area contributed by atoms with Crippen LogP contribution in [0, 0.1) is 0 Å². The Bertz CT molecular complexity index is 396. The molecular formula is C13H27IN6O. The molecule has 0 bridgehead atoms. The zero-order chi connectivity index (χ0) is 14.6. The Morgan fingerprint density at radius 2 is 2.14 bits per heavy atom. The van der Waals surface area contributed by atoms with E-state index in [0.29, 0.717) is 13.2 Å². The number of ether oxygens (including phenoxy) is 1. The van der Waals surface area contributed by atoms with Gasteiger partial charge in [-0.2, -0.15) is 0 Å². The maximum Gasteiger partial charge on any atom is 0.191 e. The fourth-order valence-corrected chi connectivity index (χ4v) is 1.74. The highest BCUT2D eigenvalue weighted by molar-refractivity contribution is 14.0. The molecule has 21 heavy (non-hydrogen) atoms. The van der Waals surface area contributed by atoms with Gasteiger partial charge in [-0.25, -0.2) is 0 Å². The molecule has 0 saturated carbocycles. The molecule has 1 rings (SSSR count). The summed E-state index contributed by atoms with van der Waals surface area (Å²) in [7, 11) is 0. The van der Waals surface area contributed by atoms with Crippen LogP contribution in [0.2, 0.25) is 0 Å². The summed E-state index contributed by atoms with van der Waals surface area (Å²) in [5.41, 5.74) is 0. The van der Waals surface area contributed by atoms with Gasteiger partial charge in [0, 0.05) is 32.7 Å². The second-order valence-electron chi connectivity index (χ2n) is 4.18. The number of aryl methyl sites for hydroxylation is 1. The summed E-state index contributed by atoms with van der Waals surface area (Å²) in [6, 6.07) is 0. The highest BCUT2D eigenvalue weighted by atomic mass is 127. The third kappa shape index (κ3) is 8.20. The fraction of sp³-hybridized carbons (Fsp3) is 0.769. The van der Waals surface area contributed by atoms with Gasteiger partial charge in [-0.15, -0.1) is 34.2 Å². The molecule has 0 saturated heterocycles. The molecule has 1 aromatic rings. The van der Waals surface area contributed by atoms with Gasteiger partial charge in [0.15, 0.2) is 5.96 Å². The highest BCUT2D eigenvalue weighted by Gasteiger charge is 2.01. The summed E-state index contributed by atoms with van der Waals surface area (Å²) in [5.74, 6) is 1.82. The van der Waals surface area contributed by atoms with Crippen molar-refractivity contribution in [1.82, 2.24) is 25.4 Å². The van der Waals surface area contributed by atoms with Crippen molar-refractivity contribution < 1.29 is 4.74 Å². The highest BCUT2D eigenvalue weighted by Crippen LogP contribution is 1.94. The number of nitrogens with one attached hydrogen (secondary N) is 2. The number of halogens is 1. The van der Waals surface area contributed by atoms with Crippen molar-refractivity contribution in [2.24, 2.45) is 4.99 Å². The maximum atomic E-state index is 5.27. The quantitative estimate of drug-likeness (QED) is 0.276. The van der Waals surface area contributed by atoms with Gasteiger partial charge in [-0.1, -0.05) is 6.92 Å². The van der Waals surface area contributed by atoms with Gasteiger partial charge in [0.2, 0.25) is 0 Å². The molecule has 0 unspecified atom stereocenters. The molecule has 0 amide bonds. The number of hydrogen-bond acceptors (Lipinski definition) is 4. The molecule has 122 valence electrons. The lowest BCUT2D eigenvalue weighted by atomic mass is 10.4. The van der Waals surface area contributed by atoms with Crippen LogP contribution in [-0.4, -0.2) is 53.6 Å². The van der Waals surface area contributed by atoms with Crippen LogP contribution in [0.5, 0.6) is 0 Å². The second kappa shape index (κ2) is 12.8. The molecular weight excluding hydrogens is 383 g/mol. The van der Waals surface area contributed by atoms with E-state index in [4.69, 9.17) is 4.74 Å². The Morgan fingerprint density at radius 3 is 2.81 bits per heavy atom. The molecule has 8 heteroatoms. The van der Waals surface area contributed by atoms with Gasteiger partial charge < -0.3 is 19.9 Å². The summed E-state index contributed by atoms with van der Waals surface area (Å²) in [6.07, 6.45) is 2.65. The first-order valence-corrected chi connectivity index (χ1v) is 7.28. The van der Waals surface area contributed by atoms with E-state index in [-0.39, 0.29) is 24.0 Å². The molecule has 7 nitrogen and oxygen atoms in total. The predicted molar refractivity (Wildman–Crippen MR) is 95.3 cm³/mol. The van der Waals surface area contributed by atoms with Crippen LogP contribution < -0.4 is 10.6 Å². The lowest BCUT2D eigenvalue weighted by molar-refractivity contribution is 0.155. The van der Waals surface area contributed by atoms with Gasteiger partial charge in [-0.3, -0.25) is 4.99 Å². The number of aliphatic imine (C=N–C) groups is 1. The standard InChI is InChI=1S/C13H26N6O.HI/c1-4-12-18-17-11-19(12)9-7-15-13(14-5-2)16-8-10-20-6-3;/h11H,4-10H2,1-3H3,(H2,14,15,16);1H. The van der Waals surface area contributed by atoms with Crippen LogP contribution in [0.3, 0.4) is 0 Å². The molecule has 2 N–H and O–H groups in total. The molecule has 0 spiro atoms. The van der Waals surface area contributed by atoms with Crippen molar-refractivity contribution in [2.45, 2.75) is 33.7 Å². The molecule has 0 aliphatic heterocycles. The Balaban J connectivity index is 0.00000400. The van der Waals surface area contributed by atoms with Crippen LogP contribution in [0.15, 0.2) is 11.3 Å². The van der Waals surface area contributed by atoms with Crippen LogP contribution in [-0.2, 0) is 17.7 Å². The number of rotatable bonds is 9. The normalized spacial score (nSPS) is 11.1. The zero-order valence-electron chi connectivity index (χ0n) is 13.1. The van der Waals surface area contributed by atoms with Crippen LogP contribution in [0.25, 0.3) is 0 Å². The monoisotopic (exact) mass is 410 g/mol. The largest absolute Gasteiger partial charge is 0.380 e. The first kappa shape index (κ1) is 20.1. The van der Waals surface area contributed by atoms with E-state index >= 15 is 0 Å². The van der Waals surface area contributed by atoms with Crippen LogP contribution >= 0.6 is 24.0 Å². The Morgan fingerprint density at radius 1 is 1.33 bits per heavy atom. The van der Waals surface area contributed by atoms with Crippen molar-refractivity contribution in [3.63, 3.8) is 0 Å². The number of nitrogens with zero attached hydrogens (tertiary/aromatic N) is 4. The fourth-order valence-electron chi connectivity index (χ4n) is 1.74.